The summed E-state index contributed by atoms with van der Waals surface area (Å²) in [7, 11) is 0. The fourth-order valence-electron chi connectivity index (χ4n) is 2.79. The normalized spacial score (nSPS) is 18.4. The van der Waals surface area contributed by atoms with Crippen LogP contribution in [0.1, 0.15) is 41.6 Å². The molecule has 0 unspecified atom stereocenters. The van der Waals surface area contributed by atoms with Crippen LogP contribution in [-0.2, 0) is 6.54 Å². The zero-order valence-electron chi connectivity index (χ0n) is 11.7. The monoisotopic (exact) mass is 274 g/mol. The summed E-state index contributed by atoms with van der Waals surface area (Å²) in [6, 6.07) is 5.41. The minimum Gasteiger partial charge on any atom is -0.478 e. The van der Waals surface area contributed by atoms with E-state index in [-0.39, 0.29) is 5.56 Å². The third-order valence-electron chi connectivity index (χ3n) is 4.22. The highest BCUT2D eigenvalue weighted by molar-refractivity contribution is 5.95. The Morgan fingerprint density at radius 1 is 1.20 bits per heavy atom. The maximum Gasteiger partial charge on any atom is 0.338 e. The van der Waals surface area contributed by atoms with Gasteiger partial charge in [-0.3, -0.25) is 4.90 Å². The lowest BCUT2D eigenvalue weighted by molar-refractivity contribution is 0.0695. The van der Waals surface area contributed by atoms with Crippen molar-refractivity contribution in [2.75, 3.05) is 18.8 Å². The van der Waals surface area contributed by atoms with Gasteiger partial charge in [0.25, 0.3) is 0 Å². The van der Waals surface area contributed by atoms with Crippen LogP contribution in [-0.4, -0.2) is 29.1 Å². The van der Waals surface area contributed by atoms with E-state index in [4.69, 9.17) is 5.73 Å². The molecule has 3 rings (SSSR count). The summed E-state index contributed by atoms with van der Waals surface area (Å²) in [5.41, 5.74) is 7.32. The summed E-state index contributed by atoms with van der Waals surface area (Å²) in [6.07, 6.45) is 5.29. The van der Waals surface area contributed by atoms with Gasteiger partial charge in [-0.15, -0.1) is 0 Å². The van der Waals surface area contributed by atoms with E-state index in [1.165, 1.54) is 25.7 Å². The number of nitrogens with zero attached hydrogens (tertiary/aromatic N) is 1. The number of nitrogen functional groups attached to an aromatic ring is 1. The van der Waals surface area contributed by atoms with E-state index >= 15 is 0 Å². The molecule has 0 aromatic heterocycles. The van der Waals surface area contributed by atoms with Crippen molar-refractivity contribution in [3.8, 4) is 0 Å². The van der Waals surface area contributed by atoms with Crippen LogP contribution >= 0.6 is 0 Å². The highest BCUT2D eigenvalue weighted by Crippen LogP contribution is 2.34. The maximum absolute atomic E-state index is 11.4. The predicted molar refractivity (Wildman–Crippen MR) is 78.5 cm³/mol. The maximum atomic E-state index is 11.4. The lowest BCUT2D eigenvalue weighted by Crippen LogP contribution is -2.28. The van der Waals surface area contributed by atoms with Gasteiger partial charge >= 0.3 is 5.97 Å². The van der Waals surface area contributed by atoms with Crippen LogP contribution < -0.4 is 5.73 Å². The molecular weight excluding hydrogens is 252 g/mol. The van der Waals surface area contributed by atoms with E-state index < -0.39 is 5.97 Å². The topological polar surface area (TPSA) is 66.6 Å². The van der Waals surface area contributed by atoms with Crippen LogP contribution in [0.2, 0.25) is 0 Å². The van der Waals surface area contributed by atoms with Crippen LogP contribution in [0.3, 0.4) is 0 Å². The second-order valence-corrected chi connectivity index (χ2v) is 6.27. The van der Waals surface area contributed by atoms with Gasteiger partial charge < -0.3 is 10.8 Å². The van der Waals surface area contributed by atoms with Crippen molar-refractivity contribution in [2.45, 2.75) is 32.2 Å². The van der Waals surface area contributed by atoms with E-state index in [2.05, 4.69) is 4.90 Å². The molecule has 2 saturated carbocycles. The minimum atomic E-state index is -0.920. The number of carbonyl (C=O) groups is 1. The zero-order valence-corrected chi connectivity index (χ0v) is 11.7. The van der Waals surface area contributed by atoms with Crippen molar-refractivity contribution >= 4 is 11.7 Å². The average molecular weight is 274 g/mol. The lowest BCUT2D eigenvalue weighted by Gasteiger charge is -2.23. The number of rotatable bonds is 7. The smallest absolute Gasteiger partial charge is 0.338 e. The Hall–Kier alpha value is -1.55. The first-order valence-electron chi connectivity index (χ1n) is 7.46. The van der Waals surface area contributed by atoms with E-state index in [9.17, 15) is 9.90 Å². The third kappa shape index (κ3) is 3.31. The van der Waals surface area contributed by atoms with Crippen LogP contribution in [0.25, 0.3) is 0 Å². The number of nitrogens with two attached hydrogens (primary N) is 1. The Balaban J connectivity index is 1.75. The molecule has 0 aliphatic heterocycles. The van der Waals surface area contributed by atoms with Crippen LogP contribution in [0.4, 0.5) is 5.69 Å². The predicted octanol–water partition coefficient (Wildman–Crippen LogP) is 2.59. The highest BCUT2D eigenvalue weighted by Gasteiger charge is 2.29. The van der Waals surface area contributed by atoms with Gasteiger partial charge in [0.05, 0.1) is 5.56 Å². The average Bonchev–Trinajstić information content (AvgIpc) is 3.24. The first kappa shape index (κ1) is 13.4. The molecule has 20 heavy (non-hydrogen) atoms. The van der Waals surface area contributed by atoms with Gasteiger partial charge in [-0.25, -0.2) is 4.79 Å². The highest BCUT2D eigenvalue weighted by atomic mass is 16.4. The van der Waals surface area contributed by atoms with Crippen molar-refractivity contribution in [1.29, 1.82) is 0 Å². The van der Waals surface area contributed by atoms with Crippen molar-refractivity contribution < 1.29 is 9.90 Å². The number of carboxylic acid groups (broad SMARTS) is 1. The summed E-state index contributed by atoms with van der Waals surface area (Å²) in [6.45, 7) is 2.91. The number of hydrogen-bond acceptors (Lipinski definition) is 3. The van der Waals surface area contributed by atoms with Crippen molar-refractivity contribution in [3.05, 3.63) is 29.3 Å². The standard InChI is InChI=1S/C16H22N2O2/c17-14-3-1-2-13(15(14)16(19)20)10-18(8-11-4-5-11)9-12-6-7-12/h1-3,11-12H,4-10,17H2,(H,19,20). The molecule has 2 aliphatic rings. The molecule has 1 aromatic rings. The molecular formula is C16H22N2O2. The molecule has 0 amide bonds. The molecule has 0 spiro atoms. The molecule has 3 N–H and O–H groups in total. The first-order chi connectivity index (χ1) is 9.63. The summed E-state index contributed by atoms with van der Waals surface area (Å²) in [5.74, 6) is 0.724. The molecule has 0 atom stereocenters. The van der Waals surface area contributed by atoms with Crippen LogP contribution in [0.5, 0.6) is 0 Å². The van der Waals surface area contributed by atoms with Gasteiger partial charge in [0, 0.05) is 25.3 Å². The van der Waals surface area contributed by atoms with E-state index in [1.807, 2.05) is 12.1 Å². The van der Waals surface area contributed by atoms with Crippen molar-refractivity contribution in [3.63, 3.8) is 0 Å². The molecule has 2 aliphatic carbocycles. The summed E-state index contributed by atoms with van der Waals surface area (Å²) < 4.78 is 0. The number of hydrogen-bond donors (Lipinski definition) is 2. The second kappa shape index (κ2) is 5.44. The fourth-order valence-corrected chi connectivity index (χ4v) is 2.79. The molecule has 2 fully saturated rings. The number of benzene rings is 1. The second-order valence-electron chi connectivity index (χ2n) is 6.27. The Morgan fingerprint density at radius 2 is 1.80 bits per heavy atom. The van der Waals surface area contributed by atoms with Crippen molar-refractivity contribution in [1.82, 2.24) is 4.90 Å². The van der Waals surface area contributed by atoms with Gasteiger partial charge in [-0.05, 0) is 49.1 Å². The van der Waals surface area contributed by atoms with E-state index in [1.54, 1.807) is 6.07 Å². The molecule has 4 heteroatoms. The first-order valence-corrected chi connectivity index (χ1v) is 7.46. The van der Waals surface area contributed by atoms with Crippen LogP contribution in [0, 0.1) is 11.8 Å². The zero-order chi connectivity index (χ0) is 14.1. The lowest BCUT2D eigenvalue weighted by atomic mass is 10.0. The SMILES string of the molecule is Nc1cccc(CN(CC2CC2)CC2CC2)c1C(=O)O. The van der Waals surface area contributed by atoms with Crippen LogP contribution in [0.15, 0.2) is 18.2 Å². The van der Waals surface area contributed by atoms with Gasteiger partial charge in [-0.2, -0.15) is 0 Å². The Morgan fingerprint density at radius 3 is 2.30 bits per heavy atom. The van der Waals surface area contributed by atoms with Gasteiger partial charge in [0.1, 0.15) is 0 Å². The quantitative estimate of drug-likeness (QED) is 0.750. The molecule has 108 valence electrons. The van der Waals surface area contributed by atoms with E-state index in [0.29, 0.717) is 12.2 Å². The van der Waals surface area contributed by atoms with Gasteiger partial charge in [0.15, 0.2) is 0 Å². The number of anilines is 1. The fraction of sp³-hybridized carbons (Fsp3) is 0.562. The Kier molecular flexibility index (Phi) is 3.66. The number of carboxylic acids is 1. The molecule has 0 saturated heterocycles. The molecule has 0 radical (unpaired) electrons. The third-order valence-corrected chi connectivity index (χ3v) is 4.22. The van der Waals surface area contributed by atoms with Gasteiger partial charge in [0.2, 0.25) is 0 Å². The summed E-state index contributed by atoms with van der Waals surface area (Å²) in [4.78, 5) is 13.8. The van der Waals surface area contributed by atoms with Gasteiger partial charge in [-0.1, -0.05) is 12.1 Å². The molecule has 4 nitrogen and oxygen atoms in total. The minimum absolute atomic E-state index is 0.282. The molecule has 1 aromatic carbocycles. The Labute approximate surface area is 119 Å². The van der Waals surface area contributed by atoms with E-state index in [0.717, 1.165) is 30.5 Å². The largest absolute Gasteiger partial charge is 0.478 e. The summed E-state index contributed by atoms with van der Waals surface area (Å²) >= 11 is 0. The van der Waals surface area contributed by atoms with Crippen molar-refractivity contribution in [2.24, 2.45) is 11.8 Å². The number of aromatic carboxylic acids is 1. The Bertz CT molecular complexity index is 493. The molecule has 0 bridgehead atoms. The molecule has 0 heterocycles. The summed E-state index contributed by atoms with van der Waals surface area (Å²) in [5, 5.41) is 9.35.